The molecule has 0 saturated heterocycles. The molecular formula is C22H28N2O2. The van der Waals surface area contributed by atoms with Gasteiger partial charge in [0.2, 0.25) is 11.8 Å². The van der Waals surface area contributed by atoms with E-state index in [0.29, 0.717) is 11.8 Å². The van der Waals surface area contributed by atoms with Crippen LogP contribution in [-0.4, -0.2) is 22.9 Å². The highest BCUT2D eigenvalue weighted by Gasteiger charge is 2.39. The quantitative estimate of drug-likeness (QED) is 0.689. The molecular weight excluding hydrogens is 324 g/mol. The molecule has 0 atom stereocenters. The van der Waals surface area contributed by atoms with Crippen LogP contribution in [-0.2, 0) is 9.47 Å². The highest BCUT2D eigenvalue weighted by atomic mass is 16.5. The van der Waals surface area contributed by atoms with Crippen molar-refractivity contribution in [2.24, 2.45) is 9.98 Å². The van der Waals surface area contributed by atoms with Crippen LogP contribution in [0.2, 0.25) is 0 Å². The molecule has 4 nitrogen and oxygen atoms in total. The fourth-order valence-electron chi connectivity index (χ4n) is 3.59. The Morgan fingerprint density at radius 2 is 1.00 bits per heavy atom. The predicted octanol–water partition coefficient (Wildman–Crippen LogP) is 5.39. The van der Waals surface area contributed by atoms with Gasteiger partial charge in [0, 0.05) is 11.1 Å². The molecule has 2 heterocycles. The number of hydrogen-bond acceptors (Lipinski definition) is 4. The van der Waals surface area contributed by atoms with Gasteiger partial charge in [0.25, 0.3) is 0 Å². The van der Waals surface area contributed by atoms with Crippen LogP contribution in [0.1, 0.15) is 64.5 Å². The van der Waals surface area contributed by atoms with Gasteiger partial charge in [-0.1, -0.05) is 40.9 Å². The molecule has 1 aromatic carbocycles. The summed E-state index contributed by atoms with van der Waals surface area (Å²) in [6.07, 6.45) is 3.53. The first kappa shape index (κ1) is 18.4. The summed E-state index contributed by atoms with van der Waals surface area (Å²) in [4.78, 5) is 9.63. The van der Waals surface area contributed by atoms with E-state index in [4.69, 9.17) is 19.5 Å². The summed E-state index contributed by atoms with van der Waals surface area (Å²) in [5.41, 5.74) is 1.28. The highest BCUT2D eigenvalue weighted by Crippen LogP contribution is 2.37. The van der Waals surface area contributed by atoms with E-state index in [0.717, 1.165) is 48.3 Å². The molecule has 138 valence electrons. The molecule has 3 rings (SSSR count). The van der Waals surface area contributed by atoms with Gasteiger partial charge in [-0.3, -0.25) is 0 Å². The van der Waals surface area contributed by atoms with Crippen molar-refractivity contribution < 1.29 is 9.47 Å². The van der Waals surface area contributed by atoms with Gasteiger partial charge < -0.3 is 9.47 Å². The molecule has 0 fully saturated rings. The van der Waals surface area contributed by atoms with E-state index in [1.165, 1.54) is 0 Å². The van der Waals surface area contributed by atoms with E-state index in [2.05, 4.69) is 40.9 Å². The van der Waals surface area contributed by atoms with Gasteiger partial charge in [0.05, 0.1) is 0 Å². The van der Waals surface area contributed by atoms with E-state index in [1.54, 1.807) is 0 Å². The van der Waals surface area contributed by atoms with E-state index in [9.17, 15) is 0 Å². The monoisotopic (exact) mass is 352 g/mol. The molecule has 0 spiro atoms. The molecule has 0 aliphatic carbocycles. The molecule has 0 saturated carbocycles. The number of benzene rings is 1. The lowest BCUT2D eigenvalue weighted by Gasteiger charge is -2.20. The second-order valence-corrected chi connectivity index (χ2v) is 6.94. The zero-order valence-electron chi connectivity index (χ0n) is 16.3. The van der Waals surface area contributed by atoms with Crippen LogP contribution in [0, 0.1) is 0 Å². The third-order valence-electron chi connectivity index (χ3n) is 5.83. The zero-order chi connectivity index (χ0) is 18.9. The molecule has 0 aromatic heterocycles. The maximum absolute atomic E-state index is 5.88. The summed E-state index contributed by atoms with van der Waals surface area (Å²) in [6.45, 7) is 16.6. The van der Waals surface area contributed by atoms with Crippen molar-refractivity contribution in [2.45, 2.75) is 64.5 Å². The molecule has 2 aliphatic rings. The average molecular weight is 352 g/mol. The van der Waals surface area contributed by atoms with Crippen LogP contribution >= 0.6 is 0 Å². The smallest absolute Gasteiger partial charge is 0.222 e. The van der Waals surface area contributed by atoms with Crippen LogP contribution in [0.5, 0.6) is 0 Å². The van der Waals surface area contributed by atoms with Crippen molar-refractivity contribution in [1.29, 1.82) is 0 Å². The first-order valence-electron chi connectivity index (χ1n) is 9.48. The van der Waals surface area contributed by atoms with Crippen LogP contribution in [0.4, 0.5) is 0 Å². The molecule has 0 unspecified atom stereocenters. The van der Waals surface area contributed by atoms with Gasteiger partial charge in [0.1, 0.15) is 22.6 Å². The van der Waals surface area contributed by atoms with E-state index < -0.39 is 0 Å². The van der Waals surface area contributed by atoms with Gasteiger partial charge >= 0.3 is 0 Å². The molecule has 0 amide bonds. The van der Waals surface area contributed by atoms with Gasteiger partial charge in [0.15, 0.2) is 0 Å². The van der Waals surface area contributed by atoms with Crippen LogP contribution in [0.3, 0.4) is 0 Å². The summed E-state index contributed by atoms with van der Waals surface area (Å²) in [5, 5.41) is 0. The maximum Gasteiger partial charge on any atom is 0.222 e. The molecule has 4 heteroatoms. The Bertz CT molecular complexity index is 712. The van der Waals surface area contributed by atoms with Crippen molar-refractivity contribution in [3.8, 4) is 0 Å². The Labute approximate surface area is 156 Å². The fourth-order valence-corrected chi connectivity index (χ4v) is 3.59. The summed E-state index contributed by atoms with van der Waals surface area (Å²) in [7, 11) is 0. The largest absolute Gasteiger partial charge is 0.441 e. The zero-order valence-corrected chi connectivity index (χ0v) is 16.3. The standard InChI is InChI=1S/C22H28N2O2/c1-7-21(8-2)15(5)25-19(23-21)17-11-13-18(14-12-17)20-24-22(9-3,10-4)16(6)26-20/h11-14H,5-10H2,1-4H3. The van der Waals surface area contributed by atoms with Gasteiger partial charge in [-0.25, -0.2) is 9.98 Å². The third kappa shape index (κ3) is 2.77. The topological polar surface area (TPSA) is 43.2 Å². The minimum atomic E-state index is -0.299. The Hall–Kier alpha value is -2.36. The Morgan fingerprint density at radius 1 is 0.692 bits per heavy atom. The Morgan fingerprint density at radius 3 is 1.23 bits per heavy atom. The van der Waals surface area contributed by atoms with Crippen molar-refractivity contribution in [1.82, 2.24) is 0 Å². The lowest BCUT2D eigenvalue weighted by molar-refractivity contribution is 0.342. The first-order chi connectivity index (χ1) is 12.4. The summed E-state index contributed by atoms with van der Waals surface area (Å²) < 4.78 is 11.8. The normalized spacial score (nSPS) is 20.5. The minimum absolute atomic E-state index is 0.299. The number of hydrogen-bond donors (Lipinski definition) is 0. The molecule has 0 N–H and O–H groups in total. The lowest BCUT2D eigenvalue weighted by atomic mass is 9.92. The highest BCUT2D eigenvalue weighted by molar-refractivity contribution is 6.00. The fraction of sp³-hybridized carbons (Fsp3) is 0.455. The summed E-state index contributed by atoms with van der Waals surface area (Å²) >= 11 is 0. The minimum Gasteiger partial charge on any atom is -0.441 e. The van der Waals surface area contributed by atoms with Crippen LogP contribution in [0.25, 0.3) is 0 Å². The van der Waals surface area contributed by atoms with Gasteiger partial charge in [-0.2, -0.15) is 0 Å². The van der Waals surface area contributed by atoms with Crippen molar-refractivity contribution in [3.63, 3.8) is 0 Å². The van der Waals surface area contributed by atoms with Crippen molar-refractivity contribution in [2.75, 3.05) is 0 Å². The van der Waals surface area contributed by atoms with Gasteiger partial charge in [-0.15, -0.1) is 0 Å². The van der Waals surface area contributed by atoms with E-state index in [-0.39, 0.29) is 11.1 Å². The molecule has 1 aromatic rings. The molecule has 26 heavy (non-hydrogen) atoms. The first-order valence-corrected chi connectivity index (χ1v) is 9.48. The third-order valence-corrected chi connectivity index (χ3v) is 5.83. The number of nitrogens with zero attached hydrogens (tertiary/aromatic N) is 2. The Balaban J connectivity index is 1.87. The van der Waals surface area contributed by atoms with Crippen molar-refractivity contribution >= 4 is 11.8 Å². The summed E-state index contributed by atoms with van der Waals surface area (Å²) in [6, 6.07) is 7.98. The predicted molar refractivity (Wildman–Crippen MR) is 107 cm³/mol. The lowest BCUT2D eigenvalue weighted by Crippen LogP contribution is -2.23. The molecule has 2 aliphatic heterocycles. The second kappa shape index (κ2) is 6.75. The average Bonchev–Trinajstić information content (AvgIpc) is 3.19. The number of ether oxygens (including phenoxy) is 2. The molecule has 0 bridgehead atoms. The number of rotatable bonds is 6. The van der Waals surface area contributed by atoms with Crippen LogP contribution < -0.4 is 0 Å². The van der Waals surface area contributed by atoms with Crippen molar-refractivity contribution in [3.05, 3.63) is 60.1 Å². The maximum atomic E-state index is 5.88. The van der Waals surface area contributed by atoms with Gasteiger partial charge in [-0.05, 0) is 49.9 Å². The van der Waals surface area contributed by atoms with E-state index >= 15 is 0 Å². The Kier molecular flexibility index (Phi) is 4.78. The number of aliphatic imine (C=N–C) groups is 2. The van der Waals surface area contributed by atoms with Crippen LogP contribution in [0.15, 0.2) is 58.9 Å². The SMILES string of the molecule is C=C1OC(c2ccc(C3=NC(CC)(CC)C(=C)O3)cc2)=NC1(CC)CC. The molecule has 0 radical (unpaired) electrons. The summed E-state index contributed by atoms with van der Waals surface area (Å²) in [5.74, 6) is 2.75. The second-order valence-electron chi connectivity index (χ2n) is 6.94. The van der Waals surface area contributed by atoms with E-state index in [1.807, 2.05) is 24.3 Å².